The molecule has 0 aliphatic carbocycles. The van der Waals surface area contributed by atoms with Gasteiger partial charge in [0.25, 0.3) is 14.4 Å². The second kappa shape index (κ2) is 8.39. The SMILES string of the molecule is CCC(CC)C(=O)Nc1nnc(S(=O)(=O)N(CC)c2ccccc2)s1. The zero-order valence-electron chi connectivity index (χ0n) is 14.5. The van der Waals surface area contributed by atoms with Crippen LogP contribution >= 0.6 is 11.3 Å². The van der Waals surface area contributed by atoms with Crippen molar-refractivity contribution < 1.29 is 13.2 Å². The number of hydrogen-bond acceptors (Lipinski definition) is 6. The lowest BCUT2D eigenvalue weighted by atomic mass is 10.0. The molecule has 1 heterocycles. The maximum atomic E-state index is 12.8. The number of para-hydroxylation sites is 1. The fourth-order valence-corrected chi connectivity index (χ4v) is 4.89. The van der Waals surface area contributed by atoms with Gasteiger partial charge in [-0.25, -0.2) is 0 Å². The van der Waals surface area contributed by atoms with Gasteiger partial charge in [0, 0.05) is 12.5 Å². The molecule has 25 heavy (non-hydrogen) atoms. The lowest BCUT2D eigenvalue weighted by molar-refractivity contribution is -0.120. The number of carbonyl (C=O) groups excluding carboxylic acids is 1. The molecule has 1 N–H and O–H groups in total. The zero-order chi connectivity index (χ0) is 18.4. The molecule has 0 atom stereocenters. The maximum Gasteiger partial charge on any atom is 0.293 e. The van der Waals surface area contributed by atoms with Crippen molar-refractivity contribution in [1.29, 1.82) is 0 Å². The second-order valence-corrected chi connectivity index (χ2v) is 8.39. The van der Waals surface area contributed by atoms with Gasteiger partial charge in [-0.1, -0.05) is 43.4 Å². The number of amides is 1. The monoisotopic (exact) mass is 382 g/mol. The van der Waals surface area contributed by atoms with Gasteiger partial charge in [-0.3, -0.25) is 9.10 Å². The Hall–Kier alpha value is -2.00. The largest absolute Gasteiger partial charge is 0.300 e. The molecule has 2 aromatic rings. The van der Waals surface area contributed by atoms with Crippen LogP contribution in [0.25, 0.3) is 0 Å². The van der Waals surface area contributed by atoms with Crippen molar-refractivity contribution in [1.82, 2.24) is 10.2 Å². The summed E-state index contributed by atoms with van der Waals surface area (Å²) in [5.74, 6) is -0.291. The van der Waals surface area contributed by atoms with Crippen LogP contribution in [-0.4, -0.2) is 31.1 Å². The average molecular weight is 383 g/mol. The number of nitrogens with zero attached hydrogens (tertiary/aromatic N) is 3. The van der Waals surface area contributed by atoms with Crippen LogP contribution < -0.4 is 9.62 Å². The predicted octanol–water partition coefficient (Wildman–Crippen LogP) is 3.13. The molecule has 7 nitrogen and oxygen atoms in total. The summed E-state index contributed by atoms with van der Waals surface area (Å²) in [5.41, 5.74) is 0.558. The maximum absolute atomic E-state index is 12.8. The van der Waals surface area contributed by atoms with Crippen LogP contribution in [0.1, 0.15) is 33.6 Å². The van der Waals surface area contributed by atoms with Gasteiger partial charge in [0.05, 0.1) is 5.69 Å². The highest BCUT2D eigenvalue weighted by molar-refractivity contribution is 7.94. The minimum Gasteiger partial charge on any atom is -0.300 e. The Labute approximate surface area is 152 Å². The number of hydrogen-bond donors (Lipinski definition) is 1. The van der Waals surface area contributed by atoms with Gasteiger partial charge < -0.3 is 5.32 Å². The zero-order valence-corrected chi connectivity index (χ0v) is 16.1. The number of anilines is 2. The average Bonchev–Trinajstić information content (AvgIpc) is 3.06. The molecular formula is C16H22N4O3S2. The number of rotatable bonds is 8. The number of aromatic nitrogens is 2. The Morgan fingerprint density at radius 1 is 1.16 bits per heavy atom. The summed E-state index contributed by atoms with van der Waals surface area (Å²) in [6.07, 6.45) is 1.42. The summed E-state index contributed by atoms with van der Waals surface area (Å²) in [5, 5.41) is 10.4. The van der Waals surface area contributed by atoms with Crippen molar-refractivity contribution in [3.63, 3.8) is 0 Å². The summed E-state index contributed by atoms with van der Waals surface area (Å²) in [6.45, 7) is 5.88. The molecule has 0 aliphatic heterocycles. The van der Waals surface area contributed by atoms with Gasteiger partial charge in [0.2, 0.25) is 11.0 Å². The first-order chi connectivity index (χ1) is 11.9. The normalized spacial score (nSPS) is 11.5. The molecule has 1 aromatic heterocycles. The molecule has 0 radical (unpaired) electrons. The van der Waals surface area contributed by atoms with Crippen molar-refractivity contribution in [3.05, 3.63) is 30.3 Å². The highest BCUT2D eigenvalue weighted by Gasteiger charge is 2.28. The Morgan fingerprint density at radius 3 is 2.36 bits per heavy atom. The summed E-state index contributed by atoms with van der Waals surface area (Å²) in [4.78, 5) is 12.1. The van der Waals surface area contributed by atoms with Crippen molar-refractivity contribution in [3.8, 4) is 0 Å². The van der Waals surface area contributed by atoms with E-state index in [9.17, 15) is 13.2 Å². The van der Waals surface area contributed by atoms with Crippen molar-refractivity contribution in [2.75, 3.05) is 16.2 Å². The van der Waals surface area contributed by atoms with Crippen LogP contribution in [0.15, 0.2) is 34.7 Å². The van der Waals surface area contributed by atoms with Gasteiger partial charge >= 0.3 is 0 Å². The first-order valence-electron chi connectivity index (χ1n) is 8.16. The van der Waals surface area contributed by atoms with Crippen molar-refractivity contribution in [2.24, 2.45) is 5.92 Å². The van der Waals surface area contributed by atoms with Crippen LogP contribution in [0.5, 0.6) is 0 Å². The Kier molecular flexibility index (Phi) is 6.49. The van der Waals surface area contributed by atoms with E-state index in [1.54, 1.807) is 31.2 Å². The molecule has 0 bridgehead atoms. The molecule has 0 fully saturated rings. The first-order valence-corrected chi connectivity index (χ1v) is 10.4. The van der Waals surface area contributed by atoms with E-state index in [0.717, 1.165) is 11.3 Å². The van der Waals surface area contributed by atoms with E-state index < -0.39 is 10.0 Å². The number of carbonyl (C=O) groups is 1. The lowest BCUT2D eigenvalue weighted by Crippen LogP contribution is -2.30. The van der Waals surface area contributed by atoms with Gasteiger partial charge in [-0.2, -0.15) is 8.42 Å². The van der Waals surface area contributed by atoms with Gasteiger partial charge in [0.1, 0.15) is 0 Å². The molecular weight excluding hydrogens is 360 g/mol. The fourth-order valence-electron chi connectivity index (χ4n) is 2.41. The van der Waals surface area contributed by atoms with E-state index in [1.165, 1.54) is 4.31 Å². The third kappa shape index (κ3) is 4.35. The Bertz CT molecular complexity index is 802. The molecule has 1 aromatic carbocycles. The topological polar surface area (TPSA) is 92.3 Å². The second-order valence-electron chi connectivity index (χ2n) is 5.38. The van der Waals surface area contributed by atoms with Crippen LogP contribution in [0, 0.1) is 5.92 Å². The number of nitrogens with one attached hydrogen (secondary N) is 1. The molecule has 2 rings (SSSR count). The summed E-state index contributed by atoms with van der Waals surface area (Å²) in [6, 6.07) is 8.81. The Morgan fingerprint density at radius 2 is 1.80 bits per heavy atom. The number of sulfonamides is 1. The molecule has 0 unspecified atom stereocenters. The van der Waals surface area contributed by atoms with Gasteiger partial charge in [0.15, 0.2) is 0 Å². The third-order valence-electron chi connectivity index (χ3n) is 3.84. The highest BCUT2D eigenvalue weighted by Crippen LogP contribution is 2.27. The highest BCUT2D eigenvalue weighted by atomic mass is 32.2. The first kappa shape index (κ1) is 19.3. The van der Waals surface area contributed by atoms with Gasteiger partial charge in [-0.15, -0.1) is 10.2 Å². The van der Waals surface area contributed by atoms with E-state index in [4.69, 9.17) is 0 Å². The molecule has 9 heteroatoms. The Balaban J connectivity index is 2.24. The lowest BCUT2D eigenvalue weighted by Gasteiger charge is -2.20. The molecule has 0 spiro atoms. The standard InChI is InChI=1S/C16H22N4O3S2/c1-4-12(5-2)14(21)17-15-18-19-16(24-15)25(22,23)20(6-3)13-10-8-7-9-11-13/h7-12H,4-6H2,1-3H3,(H,17,18,21). The molecule has 0 saturated carbocycles. The summed E-state index contributed by atoms with van der Waals surface area (Å²) < 4.78 is 26.8. The molecule has 136 valence electrons. The van der Waals surface area contributed by atoms with Crippen LogP contribution in [-0.2, 0) is 14.8 Å². The summed E-state index contributed by atoms with van der Waals surface area (Å²) >= 11 is 0.861. The van der Waals surface area contributed by atoms with E-state index in [1.807, 2.05) is 19.9 Å². The molecule has 0 saturated heterocycles. The minimum atomic E-state index is -3.82. The van der Waals surface area contributed by atoms with Crippen molar-refractivity contribution in [2.45, 2.75) is 38.0 Å². The van der Waals surface area contributed by atoms with E-state index in [2.05, 4.69) is 15.5 Å². The molecule has 1 amide bonds. The third-order valence-corrected chi connectivity index (χ3v) is 6.92. The van der Waals surface area contributed by atoms with E-state index in [-0.39, 0.29) is 27.8 Å². The van der Waals surface area contributed by atoms with E-state index >= 15 is 0 Å². The quantitative estimate of drug-likeness (QED) is 0.708. The van der Waals surface area contributed by atoms with E-state index in [0.29, 0.717) is 18.5 Å². The van der Waals surface area contributed by atoms with Crippen LogP contribution in [0.4, 0.5) is 10.8 Å². The summed E-state index contributed by atoms with van der Waals surface area (Å²) in [7, 11) is -3.82. The minimum absolute atomic E-state index is 0.125. The predicted molar refractivity (Wildman–Crippen MR) is 99.3 cm³/mol. The molecule has 0 aliphatic rings. The fraction of sp³-hybridized carbons (Fsp3) is 0.438. The van der Waals surface area contributed by atoms with Gasteiger partial charge in [-0.05, 0) is 31.9 Å². The smallest absolute Gasteiger partial charge is 0.293 e. The van der Waals surface area contributed by atoms with Crippen LogP contribution in [0.3, 0.4) is 0 Å². The number of benzene rings is 1. The van der Waals surface area contributed by atoms with Crippen LogP contribution in [0.2, 0.25) is 0 Å². The van der Waals surface area contributed by atoms with Crippen molar-refractivity contribution >= 4 is 38.1 Å².